The molecule has 0 aliphatic rings. The normalized spacial score (nSPS) is 10.7. The van der Waals surface area contributed by atoms with E-state index < -0.39 is 5.97 Å². The van der Waals surface area contributed by atoms with E-state index in [1.165, 1.54) is 0 Å². The van der Waals surface area contributed by atoms with Gasteiger partial charge in [0.15, 0.2) is 6.61 Å². The Labute approximate surface area is 152 Å². The number of carbonyl (C=O) groups is 2. The molecule has 0 aliphatic carbocycles. The maximum Gasteiger partial charge on any atom is 0.310 e. The fraction of sp³-hybridized carbons (Fsp3) is 0.238. The number of hydrogen-bond acceptors (Lipinski definition) is 4. The van der Waals surface area contributed by atoms with Crippen molar-refractivity contribution in [3.63, 3.8) is 0 Å². The van der Waals surface area contributed by atoms with Gasteiger partial charge in [0, 0.05) is 23.2 Å². The summed E-state index contributed by atoms with van der Waals surface area (Å²) in [6, 6.07) is 15.1. The first-order valence-corrected chi connectivity index (χ1v) is 8.56. The van der Waals surface area contributed by atoms with E-state index in [1.54, 1.807) is 11.2 Å². The van der Waals surface area contributed by atoms with Crippen LogP contribution in [0.5, 0.6) is 0 Å². The average Bonchev–Trinajstić information content (AvgIpc) is 3.03. The number of fused-ring (bicyclic) bond motifs is 1. The van der Waals surface area contributed by atoms with Crippen LogP contribution in [0.2, 0.25) is 0 Å². The number of carbonyl (C=O) groups excluding carboxylic acids is 2. The maximum atomic E-state index is 12.4. The minimum atomic E-state index is -0.453. The Morgan fingerprint density at radius 3 is 2.62 bits per heavy atom. The lowest BCUT2D eigenvalue weighted by Crippen LogP contribution is -2.34. The lowest BCUT2D eigenvalue weighted by atomic mass is 10.1. The topological polar surface area (TPSA) is 59.8 Å². The Morgan fingerprint density at radius 2 is 1.88 bits per heavy atom. The Balaban J connectivity index is 1.60. The Bertz CT molecular complexity index is 914. The molecule has 5 heteroatoms. The molecule has 0 unspecified atom stereocenters. The summed E-state index contributed by atoms with van der Waals surface area (Å²) in [5.41, 5.74) is 3.37. The van der Waals surface area contributed by atoms with Crippen LogP contribution in [0.3, 0.4) is 0 Å². The molecule has 0 bridgehead atoms. The third-order valence-electron chi connectivity index (χ3n) is 4.19. The Kier molecular flexibility index (Phi) is 5.37. The van der Waals surface area contributed by atoms with E-state index in [0.29, 0.717) is 6.54 Å². The molecule has 0 spiro atoms. The van der Waals surface area contributed by atoms with Crippen molar-refractivity contribution < 1.29 is 18.7 Å². The summed E-state index contributed by atoms with van der Waals surface area (Å²) in [4.78, 5) is 26.1. The number of ether oxygens (including phenoxy) is 1. The number of hydrogen-bond donors (Lipinski definition) is 0. The van der Waals surface area contributed by atoms with Crippen molar-refractivity contribution in [1.29, 1.82) is 0 Å². The molecule has 1 heterocycles. The lowest BCUT2D eigenvalue weighted by molar-refractivity contribution is -0.147. The molecule has 2 aromatic carbocycles. The minimum absolute atomic E-state index is 0.0702. The van der Waals surface area contributed by atoms with Crippen LogP contribution in [0.25, 0.3) is 11.0 Å². The average molecular weight is 351 g/mol. The fourth-order valence-electron chi connectivity index (χ4n) is 2.86. The summed E-state index contributed by atoms with van der Waals surface area (Å²) < 4.78 is 10.7. The Morgan fingerprint density at radius 1 is 1.12 bits per heavy atom. The zero-order valence-corrected chi connectivity index (χ0v) is 14.9. The van der Waals surface area contributed by atoms with Gasteiger partial charge >= 0.3 is 5.97 Å². The second-order valence-electron chi connectivity index (χ2n) is 6.07. The number of benzene rings is 2. The van der Waals surface area contributed by atoms with Crippen molar-refractivity contribution in [2.45, 2.75) is 20.3 Å². The first kappa shape index (κ1) is 17.7. The summed E-state index contributed by atoms with van der Waals surface area (Å²) in [6.07, 6.45) is 1.64. The van der Waals surface area contributed by atoms with Crippen molar-refractivity contribution >= 4 is 28.5 Å². The van der Waals surface area contributed by atoms with Crippen LogP contribution in [0.15, 0.2) is 59.2 Å². The highest BCUT2D eigenvalue weighted by atomic mass is 16.5. The van der Waals surface area contributed by atoms with Gasteiger partial charge in [-0.05, 0) is 37.6 Å². The fourth-order valence-corrected chi connectivity index (χ4v) is 2.86. The summed E-state index contributed by atoms with van der Waals surface area (Å²) >= 11 is 0. The number of para-hydroxylation sites is 1. The monoisotopic (exact) mass is 351 g/mol. The van der Waals surface area contributed by atoms with Crippen molar-refractivity contribution in [1.82, 2.24) is 0 Å². The number of nitrogens with zero attached hydrogens (tertiary/aromatic N) is 1. The molecule has 0 saturated heterocycles. The van der Waals surface area contributed by atoms with Gasteiger partial charge in [-0.1, -0.05) is 30.3 Å². The van der Waals surface area contributed by atoms with Crippen LogP contribution in [-0.4, -0.2) is 25.0 Å². The highest BCUT2D eigenvalue weighted by Crippen LogP contribution is 2.23. The van der Waals surface area contributed by atoms with Crippen molar-refractivity contribution in [2.75, 3.05) is 18.1 Å². The van der Waals surface area contributed by atoms with Crippen molar-refractivity contribution in [3.05, 3.63) is 65.9 Å². The third-order valence-corrected chi connectivity index (χ3v) is 4.19. The van der Waals surface area contributed by atoms with E-state index >= 15 is 0 Å². The number of esters is 1. The molecular formula is C21H21NO4. The SMILES string of the molecule is CCN(C(=O)COC(=O)Cc1coc2cc(C)ccc12)c1ccccc1. The molecule has 134 valence electrons. The smallest absolute Gasteiger partial charge is 0.310 e. The predicted molar refractivity (Wildman–Crippen MR) is 100 cm³/mol. The van der Waals surface area contributed by atoms with Gasteiger partial charge in [0.05, 0.1) is 12.7 Å². The summed E-state index contributed by atoms with van der Waals surface area (Å²) in [5, 5.41) is 0.887. The molecule has 0 aliphatic heterocycles. The van der Waals surface area contributed by atoms with Gasteiger partial charge in [-0.3, -0.25) is 9.59 Å². The molecule has 0 N–H and O–H groups in total. The maximum absolute atomic E-state index is 12.4. The van der Waals surface area contributed by atoms with Gasteiger partial charge in [-0.25, -0.2) is 0 Å². The van der Waals surface area contributed by atoms with Gasteiger partial charge in [0.2, 0.25) is 0 Å². The van der Waals surface area contributed by atoms with Gasteiger partial charge < -0.3 is 14.1 Å². The summed E-state index contributed by atoms with van der Waals surface area (Å²) in [5.74, 6) is -0.703. The molecule has 0 saturated carbocycles. The first-order chi connectivity index (χ1) is 12.6. The Hall–Kier alpha value is -3.08. The van der Waals surface area contributed by atoms with E-state index in [2.05, 4.69) is 0 Å². The molecule has 3 aromatic rings. The van der Waals surface area contributed by atoms with Crippen LogP contribution >= 0.6 is 0 Å². The van der Waals surface area contributed by atoms with E-state index in [4.69, 9.17) is 9.15 Å². The minimum Gasteiger partial charge on any atom is -0.464 e. The van der Waals surface area contributed by atoms with Gasteiger partial charge in [-0.2, -0.15) is 0 Å². The molecule has 0 fully saturated rings. The summed E-state index contributed by atoms with van der Waals surface area (Å²) in [7, 11) is 0. The van der Waals surface area contributed by atoms with Crippen molar-refractivity contribution in [3.8, 4) is 0 Å². The standard InChI is InChI=1S/C21H21NO4/c1-3-22(17-7-5-4-6-8-17)20(23)14-26-21(24)12-16-13-25-19-11-15(2)9-10-18(16)19/h4-11,13H,3,12,14H2,1-2H3. The van der Waals surface area contributed by atoms with Crippen LogP contribution in [0.4, 0.5) is 5.69 Å². The van der Waals surface area contributed by atoms with Gasteiger partial charge in [0.25, 0.3) is 5.91 Å². The van der Waals surface area contributed by atoms with Gasteiger partial charge in [-0.15, -0.1) is 0 Å². The van der Waals surface area contributed by atoms with E-state index in [1.807, 2.05) is 62.4 Å². The largest absolute Gasteiger partial charge is 0.464 e. The molecule has 1 aromatic heterocycles. The number of anilines is 1. The second kappa shape index (κ2) is 7.87. The first-order valence-electron chi connectivity index (χ1n) is 8.56. The molecule has 5 nitrogen and oxygen atoms in total. The zero-order valence-electron chi connectivity index (χ0n) is 14.9. The third kappa shape index (κ3) is 3.94. The highest BCUT2D eigenvalue weighted by molar-refractivity contribution is 5.95. The van der Waals surface area contributed by atoms with Crippen molar-refractivity contribution in [2.24, 2.45) is 0 Å². The molecule has 0 atom stereocenters. The number of amides is 1. The molecule has 1 amide bonds. The second-order valence-corrected chi connectivity index (χ2v) is 6.07. The van der Waals surface area contributed by atoms with E-state index in [0.717, 1.165) is 27.8 Å². The number of likely N-dealkylation sites (N-methyl/N-ethyl adjacent to an activating group) is 1. The number of aryl methyl sites for hydroxylation is 1. The van der Waals surface area contributed by atoms with E-state index in [-0.39, 0.29) is 18.9 Å². The number of rotatable bonds is 6. The van der Waals surface area contributed by atoms with Crippen LogP contribution in [-0.2, 0) is 20.7 Å². The summed E-state index contributed by atoms with van der Waals surface area (Å²) in [6.45, 7) is 4.09. The molecule has 3 rings (SSSR count). The molecule has 26 heavy (non-hydrogen) atoms. The van der Waals surface area contributed by atoms with Gasteiger partial charge in [0.1, 0.15) is 5.58 Å². The zero-order chi connectivity index (χ0) is 18.5. The predicted octanol–water partition coefficient (Wildman–Crippen LogP) is 3.88. The van der Waals surface area contributed by atoms with Crippen LogP contribution in [0.1, 0.15) is 18.1 Å². The molecule has 0 radical (unpaired) electrons. The van der Waals surface area contributed by atoms with E-state index in [9.17, 15) is 9.59 Å². The number of furan rings is 1. The van der Waals surface area contributed by atoms with Crippen LogP contribution < -0.4 is 4.90 Å². The quantitative estimate of drug-likeness (QED) is 0.632. The highest BCUT2D eigenvalue weighted by Gasteiger charge is 2.17. The lowest BCUT2D eigenvalue weighted by Gasteiger charge is -2.20. The van der Waals surface area contributed by atoms with Crippen LogP contribution in [0, 0.1) is 6.92 Å². The molecular weight excluding hydrogens is 330 g/mol.